The molecule has 0 aromatic heterocycles. The predicted octanol–water partition coefficient (Wildman–Crippen LogP) is 0.769. The van der Waals surface area contributed by atoms with Crippen molar-refractivity contribution >= 4 is 8.80 Å². The summed E-state index contributed by atoms with van der Waals surface area (Å²) in [5.41, 5.74) is 6.74. The van der Waals surface area contributed by atoms with Gasteiger partial charge in [-0.2, -0.15) is 0 Å². The Kier molecular flexibility index (Phi) is 3.88. The molecule has 4 nitrogen and oxygen atoms in total. The molecule has 82 valence electrons. The zero-order valence-electron chi connectivity index (χ0n) is 8.90. The van der Waals surface area contributed by atoms with Gasteiger partial charge in [0.1, 0.15) is 0 Å². The van der Waals surface area contributed by atoms with Gasteiger partial charge in [0, 0.05) is 0 Å². The predicted molar refractivity (Wildman–Crippen MR) is 58.0 cm³/mol. The summed E-state index contributed by atoms with van der Waals surface area (Å²) < 4.78 is 16.2. The molecular formula is C9H18NO3Si-. The van der Waals surface area contributed by atoms with Gasteiger partial charge in [-0.1, -0.05) is 0 Å². The Hall–Kier alpha value is -0.623. The summed E-state index contributed by atoms with van der Waals surface area (Å²) in [6.07, 6.45) is 6.60. The van der Waals surface area contributed by atoms with E-state index in [2.05, 4.69) is 0 Å². The van der Waals surface area contributed by atoms with Gasteiger partial charge >= 0.3 is 85.0 Å². The molecule has 0 aromatic rings. The topological polar surface area (TPSA) is 53.7 Å². The van der Waals surface area contributed by atoms with Crippen molar-refractivity contribution in [2.45, 2.75) is 12.0 Å². The van der Waals surface area contributed by atoms with Crippen LogP contribution in [0.25, 0.3) is 0 Å². The average Bonchev–Trinajstić information content (AvgIpc) is 2.22. The molecule has 1 rings (SSSR count). The number of rotatable bonds is 4. The van der Waals surface area contributed by atoms with Gasteiger partial charge in [0.25, 0.3) is 0 Å². The van der Waals surface area contributed by atoms with Crippen LogP contribution in [0.1, 0.15) is 6.42 Å². The molecule has 0 bridgehead atoms. The molecule has 1 aliphatic carbocycles. The van der Waals surface area contributed by atoms with Crippen LogP contribution < -0.4 is 5.73 Å². The second-order valence-corrected chi connectivity index (χ2v) is 7.06. The van der Waals surface area contributed by atoms with Crippen LogP contribution in [0, 0.1) is 0 Å². The second kappa shape index (κ2) is 4.74. The third-order valence-electron chi connectivity index (χ3n) is 2.65. The van der Waals surface area contributed by atoms with Gasteiger partial charge in [-0.15, -0.1) is 0 Å². The number of nitrogens with two attached hydrogens (primary N) is 1. The van der Waals surface area contributed by atoms with Gasteiger partial charge in [-0.3, -0.25) is 0 Å². The summed E-state index contributed by atoms with van der Waals surface area (Å²) in [5, 5.41) is 0. The zero-order valence-corrected chi connectivity index (χ0v) is 10.1. The van der Waals surface area contributed by atoms with Crippen LogP contribution >= 0.6 is 0 Å². The number of allylic oxidation sites excluding steroid dienone is 4. The van der Waals surface area contributed by atoms with Gasteiger partial charge in [0.2, 0.25) is 0 Å². The van der Waals surface area contributed by atoms with Crippen LogP contribution in [-0.2, 0) is 13.3 Å². The Balaban J connectivity index is 2.80. The van der Waals surface area contributed by atoms with Gasteiger partial charge < -0.3 is 0 Å². The van der Waals surface area contributed by atoms with E-state index >= 15 is 0 Å². The first kappa shape index (κ1) is 11.5. The van der Waals surface area contributed by atoms with Gasteiger partial charge in [-0.05, 0) is 0 Å². The number of hydrogen-bond donors (Lipinski definition) is 1. The first-order chi connectivity index (χ1) is 6.68. The molecule has 2 N–H and O–H groups in total. The number of hydrogen-bond acceptors (Lipinski definition) is 4. The SMILES string of the molecule is CO[SiH-](OC)(OC)C1C=CC=C(N)C1. The van der Waals surface area contributed by atoms with Crippen LogP contribution in [0.3, 0.4) is 0 Å². The third kappa shape index (κ3) is 2.06. The van der Waals surface area contributed by atoms with Crippen LogP contribution in [0.5, 0.6) is 0 Å². The van der Waals surface area contributed by atoms with Gasteiger partial charge in [0.05, 0.1) is 0 Å². The molecule has 0 saturated carbocycles. The average molecular weight is 216 g/mol. The normalized spacial score (nSPS) is 23.4. The van der Waals surface area contributed by atoms with Crippen LogP contribution in [-0.4, -0.2) is 30.1 Å². The molecule has 0 fully saturated rings. The first-order valence-corrected chi connectivity index (χ1v) is 6.69. The van der Waals surface area contributed by atoms with E-state index < -0.39 is 8.80 Å². The zero-order chi connectivity index (χ0) is 10.6. The minimum absolute atomic E-state index is 0.146. The van der Waals surface area contributed by atoms with Gasteiger partial charge in [-0.25, -0.2) is 0 Å². The van der Waals surface area contributed by atoms with Crippen molar-refractivity contribution < 1.29 is 13.3 Å². The van der Waals surface area contributed by atoms with Gasteiger partial charge in [0.15, 0.2) is 0 Å². The Bertz CT molecular complexity index is 240. The monoisotopic (exact) mass is 216 g/mol. The molecule has 1 aliphatic rings. The van der Waals surface area contributed by atoms with Crippen molar-refractivity contribution in [2.24, 2.45) is 5.73 Å². The van der Waals surface area contributed by atoms with Crippen molar-refractivity contribution in [1.82, 2.24) is 0 Å². The maximum absolute atomic E-state index is 5.76. The van der Waals surface area contributed by atoms with Crippen LogP contribution in [0.4, 0.5) is 0 Å². The van der Waals surface area contributed by atoms with Crippen LogP contribution in [0.15, 0.2) is 23.9 Å². The van der Waals surface area contributed by atoms with Crippen molar-refractivity contribution in [3.8, 4) is 0 Å². The first-order valence-electron chi connectivity index (χ1n) is 4.60. The molecule has 0 aliphatic heterocycles. The van der Waals surface area contributed by atoms with Crippen molar-refractivity contribution in [2.75, 3.05) is 21.3 Å². The van der Waals surface area contributed by atoms with Crippen molar-refractivity contribution in [3.05, 3.63) is 23.9 Å². The molecule has 0 aromatic carbocycles. The van der Waals surface area contributed by atoms with E-state index in [-0.39, 0.29) is 5.54 Å². The summed E-state index contributed by atoms with van der Waals surface area (Å²) in [6.45, 7) is 0. The Morgan fingerprint density at radius 2 is 1.86 bits per heavy atom. The summed E-state index contributed by atoms with van der Waals surface area (Å²) in [7, 11) is 2.00. The molecule has 0 heterocycles. The maximum atomic E-state index is 5.76. The molecule has 14 heavy (non-hydrogen) atoms. The quantitative estimate of drug-likeness (QED) is 0.705. The Morgan fingerprint density at radius 3 is 2.29 bits per heavy atom. The summed E-state index contributed by atoms with van der Waals surface area (Å²) >= 11 is 0. The van der Waals surface area contributed by atoms with E-state index in [1.807, 2.05) is 18.2 Å². The molecule has 5 heteroatoms. The molecule has 1 atom stereocenters. The fourth-order valence-electron chi connectivity index (χ4n) is 1.82. The fraction of sp³-hybridized carbons (Fsp3) is 0.556. The third-order valence-corrected chi connectivity index (χ3v) is 6.13. The van der Waals surface area contributed by atoms with E-state index in [1.54, 1.807) is 21.3 Å². The van der Waals surface area contributed by atoms with Crippen molar-refractivity contribution in [1.29, 1.82) is 0 Å². The van der Waals surface area contributed by atoms with Crippen molar-refractivity contribution in [3.63, 3.8) is 0 Å². The summed E-state index contributed by atoms with van der Waals surface area (Å²) in [4.78, 5) is 0. The standard InChI is InChI=1S/C9H18NO3Si/c1-11-14(12-2,13-3)9-6-4-5-8(10)7-9/h4-6,9,14H,7,10H2,1-3H3/q-1. The molecule has 0 radical (unpaired) electrons. The Labute approximate surface area is 85.7 Å². The Morgan fingerprint density at radius 1 is 1.29 bits per heavy atom. The van der Waals surface area contributed by atoms with E-state index in [0.29, 0.717) is 0 Å². The molecule has 0 saturated heterocycles. The minimum atomic E-state index is -2.87. The molecular weight excluding hydrogens is 198 g/mol. The summed E-state index contributed by atoms with van der Waals surface area (Å²) in [6, 6.07) is 0. The van der Waals surface area contributed by atoms with Crippen LogP contribution in [0.2, 0.25) is 5.54 Å². The van der Waals surface area contributed by atoms with E-state index in [4.69, 9.17) is 19.0 Å². The molecule has 0 amide bonds. The summed E-state index contributed by atoms with van der Waals surface area (Å²) in [5.74, 6) is 0. The second-order valence-electron chi connectivity index (χ2n) is 3.40. The van der Waals surface area contributed by atoms with E-state index in [1.165, 1.54) is 0 Å². The molecule has 0 spiro atoms. The molecule has 1 unspecified atom stereocenters. The van der Waals surface area contributed by atoms with E-state index in [9.17, 15) is 0 Å². The fourth-order valence-corrected chi connectivity index (χ4v) is 4.41. The van der Waals surface area contributed by atoms with E-state index in [0.717, 1.165) is 12.1 Å².